The monoisotopic (exact) mass is 430 g/mol. The van der Waals surface area contributed by atoms with E-state index >= 15 is 0 Å². The predicted octanol–water partition coefficient (Wildman–Crippen LogP) is 2.74. The summed E-state index contributed by atoms with van der Waals surface area (Å²) in [5, 5.41) is 11.2. The van der Waals surface area contributed by atoms with Crippen LogP contribution in [0.2, 0.25) is 0 Å². The van der Waals surface area contributed by atoms with Crippen molar-refractivity contribution < 1.29 is 49.0 Å². The Morgan fingerprint density at radius 3 is 1.83 bits per heavy atom. The number of carboxylic acids is 1. The van der Waals surface area contributed by atoms with E-state index in [4.69, 9.17) is 4.74 Å². The van der Waals surface area contributed by atoms with Gasteiger partial charge in [0.05, 0.1) is 5.92 Å². The fraction of sp³-hybridized carbons (Fsp3) is 0.840. The quantitative estimate of drug-likeness (QED) is 0.154. The third-order valence-corrected chi connectivity index (χ3v) is 6.08. The molecule has 1 aliphatic carbocycles. The summed E-state index contributed by atoms with van der Waals surface area (Å²) in [4.78, 5) is 23.3. The SMILES string of the molecule is CCCCCCCCCCCCCC/C=C/COC(=O)C1CCCCC1C(=O)[O-].[Na+]. The van der Waals surface area contributed by atoms with Gasteiger partial charge in [-0.15, -0.1) is 0 Å². The number of rotatable bonds is 17. The molecule has 0 amide bonds. The van der Waals surface area contributed by atoms with Gasteiger partial charge in [-0.2, -0.15) is 0 Å². The van der Waals surface area contributed by atoms with E-state index in [1.807, 2.05) is 6.08 Å². The normalized spacial score (nSPS) is 18.8. The van der Waals surface area contributed by atoms with Gasteiger partial charge in [0.25, 0.3) is 0 Å². The maximum Gasteiger partial charge on any atom is 1.00 e. The molecule has 1 rings (SSSR count). The Morgan fingerprint density at radius 2 is 1.30 bits per heavy atom. The average molecular weight is 431 g/mol. The first-order chi connectivity index (χ1) is 14.2. The topological polar surface area (TPSA) is 66.4 Å². The zero-order chi connectivity index (χ0) is 21.2. The number of hydrogen-bond donors (Lipinski definition) is 0. The molecule has 0 aliphatic heterocycles. The van der Waals surface area contributed by atoms with Crippen LogP contribution in [0.3, 0.4) is 0 Å². The maximum absolute atomic E-state index is 12.1. The summed E-state index contributed by atoms with van der Waals surface area (Å²) in [5.41, 5.74) is 0. The summed E-state index contributed by atoms with van der Waals surface area (Å²) in [7, 11) is 0. The first kappa shape index (κ1) is 29.7. The molecular weight excluding hydrogens is 387 g/mol. The zero-order valence-corrected chi connectivity index (χ0v) is 21.7. The molecule has 0 aromatic rings. The van der Waals surface area contributed by atoms with Gasteiger partial charge in [-0.1, -0.05) is 103 Å². The number of ether oxygens (including phenoxy) is 1. The molecule has 0 heterocycles. The Morgan fingerprint density at radius 1 is 0.800 bits per heavy atom. The van der Waals surface area contributed by atoms with Crippen molar-refractivity contribution >= 4 is 11.9 Å². The standard InChI is InChI=1S/C25H44O4.Na/c1-2-3-4-5-6-7-8-9-10-11-12-13-14-15-18-21-29-25(28)23-20-17-16-19-22(23)24(26)27;/h15,18,22-23H,2-14,16-17,19-21H2,1H3,(H,26,27);/q;+1/p-1/b18-15+;. The average Bonchev–Trinajstić information content (AvgIpc) is 2.73. The van der Waals surface area contributed by atoms with Crippen LogP contribution in [-0.4, -0.2) is 18.5 Å². The van der Waals surface area contributed by atoms with E-state index in [2.05, 4.69) is 13.0 Å². The van der Waals surface area contributed by atoms with Crippen LogP contribution in [0.15, 0.2) is 12.2 Å². The minimum atomic E-state index is -1.12. The Labute approximate surface area is 206 Å². The van der Waals surface area contributed by atoms with Gasteiger partial charge in [0.1, 0.15) is 6.61 Å². The summed E-state index contributed by atoms with van der Waals surface area (Å²) in [5.74, 6) is -2.71. The van der Waals surface area contributed by atoms with Crippen molar-refractivity contribution in [3.05, 3.63) is 12.2 Å². The molecular formula is C25H43NaO4. The molecule has 2 atom stereocenters. The van der Waals surface area contributed by atoms with Crippen molar-refractivity contribution in [1.82, 2.24) is 0 Å². The second-order valence-corrected chi connectivity index (χ2v) is 8.60. The second-order valence-electron chi connectivity index (χ2n) is 8.60. The van der Waals surface area contributed by atoms with Crippen molar-refractivity contribution in [3.8, 4) is 0 Å². The molecule has 0 bridgehead atoms. The summed E-state index contributed by atoms with van der Waals surface area (Å²) in [6.07, 6.45) is 24.0. The number of unbranched alkanes of at least 4 members (excludes halogenated alkanes) is 12. The van der Waals surface area contributed by atoms with Gasteiger partial charge < -0.3 is 14.6 Å². The molecule has 0 N–H and O–H groups in total. The Balaban J connectivity index is 0.00000841. The molecule has 1 aliphatic rings. The van der Waals surface area contributed by atoms with Crippen LogP contribution in [0.1, 0.15) is 116 Å². The summed E-state index contributed by atoms with van der Waals surface area (Å²) >= 11 is 0. The number of esters is 1. The van der Waals surface area contributed by atoms with E-state index in [-0.39, 0.29) is 42.1 Å². The molecule has 30 heavy (non-hydrogen) atoms. The van der Waals surface area contributed by atoms with Crippen LogP contribution in [-0.2, 0) is 14.3 Å². The fourth-order valence-corrected chi connectivity index (χ4v) is 4.22. The molecule has 0 aromatic heterocycles. The van der Waals surface area contributed by atoms with E-state index in [1.165, 1.54) is 77.0 Å². The molecule has 2 unspecified atom stereocenters. The van der Waals surface area contributed by atoms with Crippen LogP contribution in [0.25, 0.3) is 0 Å². The smallest absolute Gasteiger partial charge is 0.550 e. The summed E-state index contributed by atoms with van der Waals surface area (Å²) in [6, 6.07) is 0. The van der Waals surface area contributed by atoms with Crippen LogP contribution >= 0.6 is 0 Å². The fourth-order valence-electron chi connectivity index (χ4n) is 4.22. The molecule has 1 fully saturated rings. The van der Waals surface area contributed by atoms with Gasteiger partial charge in [-0.05, 0) is 25.7 Å². The van der Waals surface area contributed by atoms with E-state index in [9.17, 15) is 14.7 Å². The first-order valence-electron chi connectivity index (χ1n) is 12.2. The van der Waals surface area contributed by atoms with Crippen molar-refractivity contribution in [3.63, 3.8) is 0 Å². The van der Waals surface area contributed by atoms with E-state index in [0.717, 1.165) is 19.3 Å². The number of carbonyl (C=O) groups excluding carboxylic acids is 2. The number of aliphatic carboxylic acids is 1. The Bertz CT molecular complexity index is 464. The molecule has 0 saturated heterocycles. The van der Waals surface area contributed by atoms with Crippen LogP contribution in [0.5, 0.6) is 0 Å². The molecule has 5 heteroatoms. The van der Waals surface area contributed by atoms with Crippen LogP contribution in [0, 0.1) is 11.8 Å². The Hall–Kier alpha value is -0.320. The minimum absolute atomic E-state index is 0. The van der Waals surface area contributed by atoms with Crippen molar-refractivity contribution in [2.45, 2.75) is 116 Å². The molecule has 0 aromatic carbocycles. The van der Waals surface area contributed by atoms with Crippen molar-refractivity contribution in [1.29, 1.82) is 0 Å². The van der Waals surface area contributed by atoms with E-state index in [1.54, 1.807) is 0 Å². The number of hydrogen-bond acceptors (Lipinski definition) is 4. The third kappa shape index (κ3) is 14.6. The molecule has 0 spiro atoms. The summed E-state index contributed by atoms with van der Waals surface area (Å²) in [6.45, 7) is 2.51. The van der Waals surface area contributed by atoms with E-state index in [0.29, 0.717) is 12.8 Å². The third-order valence-electron chi connectivity index (χ3n) is 6.08. The Kier molecular flexibility index (Phi) is 20.4. The zero-order valence-electron chi connectivity index (χ0n) is 19.7. The van der Waals surface area contributed by atoms with Gasteiger partial charge in [-0.25, -0.2) is 0 Å². The van der Waals surface area contributed by atoms with E-state index < -0.39 is 17.8 Å². The minimum Gasteiger partial charge on any atom is -0.550 e. The number of carboxylic acid groups (broad SMARTS) is 1. The maximum atomic E-state index is 12.1. The van der Waals surface area contributed by atoms with Gasteiger partial charge in [-0.3, -0.25) is 4.79 Å². The second kappa shape index (κ2) is 20.6. The molecule has 4 nitrogen and oxygen atoms in total. The van der Waals surface area contributed by atoms with Gasteiger partial charge >= 0.3 is 35.5 Å². The van der Waals surface area contributed by atoms with Gasteiger partial charge in [0.2, 0.25) is 0 Å². The first-order valence-corrected chi connectivity index (χ1v) is 12.2. The van der Waals surface area contributed by atoms with Crippen molar-refractivity contribution in [2.75, 3.05) is 6.61 Å². The predicted molar refractivity (Wildman–Crippen MR) is 116 cm³/mol. The van der Waals surface area contributed by atoms with Gasteiger partial charge in [0, 0.05) is 11.9 Å². The largest absolute Gasteiger partial charge is 1.00 e. The van der Waals surface area contributed by atoms with Crippen LogP contribution in [0.4, 0.5) is 0 Å². The number of carbonyl (C=O) groups is 2. The van der Waals surface area contributed by atoms with Crippen LogP contribution < -0.4 is 34.7 Å². The summed E-state index contributed by atoms with van der Waals surface area (Å²) < 4.78 is 5.26. The molecule has 1 saturated carbocycles. The molecule has 168 valence electrons. The van der Waals surface area contributed by atoms with Crippen molar-refractivity contribution in [2.24, 2.45) is 11.8 Å². The van der Waals surface area contributed by atoms with Gasteiger partial charge in [0.15, 0.2) is 0 Å². The number of allylic oxidation sites excluding steroid dienone is 1. The molecule has 0 radical (unpaired) electrons.